The van der Waals surface area contributed by atoms with Crippen molar-refractivity contribution in [2.24, 2.45) is 5.41 Å². The predicted octanol–water partition coefficient (Wildman–Crippen LogP) is 2.34. The van der Waals surface area contributed by atoms with Crippen molar-refractivity contribution in [2.45, 2.75) is 58.5 Å². The van der Waals surface area contributed by atoms with Crippen molar-refractivity contribution in [1.82, 2.24) is 0 Å². The Labute approximate surface area is 92.1 Å². The Morgan fingerprint density at radius 1 is 1.13 bits per heavy atom. The van der Waals surface area contributed by atoms with Gasteiger partial charge in [0.2, 0.25) is 0 Å². The Bertz CT molecular complexity index is 203. The van der Waals surface area contributed by atoms with E-state index in [0.717, 1.165) is 32.5 Å². The zero-order valence-electron chi connectivity index (χ0n) is 9.99. The zero-order chi connectivity index (χ0) is 10.9. The molecule has 0 amide bonds. The number of hydrogen-bond acceptors (Lipinski definition) is 3. The van der Waals surface area contributed by atoms with Crippen molar-refractivity contribution in [3.8, 4) is 0 Å². The summed E-state index contributed by atoms with van der Waals surface area (Å²) in [6.07, 6.45) is 3.64. The molecule has 0 aromatic heterocycles. The SMILES string of the molecule is CCC(C)(C)CC1OC2COCC(C2)O1. The summed E-state index contributed by atoms with van der Waals surface area (Å²) in [5.74, 6) is 0. The van der Waals surface area contributed by atoms with Crippen molar-refractivity contribution in [1.29, 1.82) is 0 Å². The van der Waals surface area contributed by atoms with E-state index in [9.17, 15) is 0 Å². The molecule has 2 unspecified atom stereocenters. The van der Waals surface area contributed by atoms with Crippen LogP contribution < -0.4 is 0 Å². The van der Waals surface area contributed by atoms with Gasteiger partial charge in [0.1, 0.15) is 0 Å². The largest absolute Gasteiger partial charge is 0.376 e. The normalized spacial score (nSPS) is 36.6. The second-order valence-corrected chi connectivity index (χ2v) is 5.44. The molecule has 0 N–H and O–H groups in total. The number of ether oxygens (including phenoxy) is 3. The van der Waals surface area contributed by atoms with Gasteiger partial charge in [0.05, 0.1) is 25.4 Å². The molecule has 0 aromatic carbocycles. The Balaban J connectivity index is 1.89. The molecule has 2 fully saturated rings. The van der Waals surface area contributed by atoms with Crippen LogP contribution in [0.3, 0.4) is 0 Å². The van der Waals surface area contributed by atoms with Crippen LogP contribution >= 0.6 is 0 Å². The van der Waals surface area contributed by atoms with Crippen LogP contribution in [0.5, 0.6) is 0 Å². The van der Waals surface area contributed by atoms with E-state index in [1.165, 1.54) is 0 Å². The van der Waals surface area contributed by atoms with Crippen molar-refractivity contribution in [2.75, 3.05) is 13.2 Å². The standard InChI is InChI=1S/C12H22O3/c1-4-12(2,3)6-11-14-9-5-10(15-11)8-13-7-9/h9-11H,4-8H2,1-3H3. The summed E-state index contributed by atoms with van der Waals surface area (Å²) in [4.78, 5) is 0. The molecule has 2 atom stereocenters. The van der Waals surface area contributed by atoms with E-state index in [0.29, 0.717) is 5.41 Å². The molecule has 0 aromatic rings. The first kappa shape index (κ1) is 11.4. The first-order valence-electron chi connectivity index (χ1n) is 5.98. The van der Waals surface area contributed by atoms with Crippen molar-refractivity contribution in [3.63, 3.8) is 0 Å². The van der Waals surface area contributed by atoms with E-state index < -0.39 is 0 Å². The lowest BCUT2D eigenvalue weighted by molar-refractivity contribution is -0.290. The predicted molar refractivity (Wildman–Crippen MR) is 57.7 cm³/mol. The Hall–Kier alpha value is -0.120. The van der Waals surface area contributed by atoms with Gasteiger partial charge in [0.15, 0.2) is 6.29 Å². The van der Waals surface area contributed by atoms with E-state index in [2.05, 4.69) is 20.8 Å². The Kier molecular flexibility index (Phi) is 3.33. The maximum atomic E-state index is 5.85. The fraction of sp³-hybridized carbons (Fsp3) is 1.00. The summed E-state index contributed by atoms with van der Waals surface area (Å²) in [6.45, 7) is 8.22. The summed E-state index contributed by atoms with van der Waals surface area (Å²) in [7, 11) is 0. The van der Waals surface area contributed by atoms with E-state index in [1.807, 2.05) is 0 Å². The molecule has 2 saturated heterocycles. The lowest BCUT2D eigenvalue weighted by atomic mass is 9.86. The molecule has 2 heterocycles. The lowest BCUT2D eigenvalue weighted by Gasteiger charge is -2.41. The zero-order valence-corrected chi connectivity index (χ0v) is 9.99. The van der Waals surface area contributed by atoms with Gasteiger partial charge in [-0.1, -0.05) is 27.2 Å². The van der Waals surface area contributed by atoms with Crippen molar-refractivity contribution < 1.29 is 14.2 Å². The van der Waals surface area contributed by atoms with Crippen LogP contribution in [0.1, 0.15) is 40.0 Å². The minimum absolute atomic E-state index is 0.0207. The minimum Gasteiger partial charge on any atom is -0.376 e. The quantitative estimate of drug-likeness (QED) is 0.721. The van der Waals surface area contributed by atoms with Crippen LogP contribution in [0, 0.1) is 5.41 Å². The molecule has 0 aliphatic carbocycles. The third-order valence-electron chi connectivity index (χ3n) is 3.50. The van der Waals surface area contributed by atoms with E-state index in [4.69, 9.17) is 14.2 Å². The van der Waals surface area contributed by atoms with Crippen LogP contribution in [0.15, 0.2) is 0 Å². The first-order chi connectivity index (χ1) is 7.09. The number of rotatable bonds is 3. The molecule has 0 spiro atoms. The molecule has 0 saturated carbocycles. The fourth-order valence-corrected chi connectivity index (χ4v) is 2.10. The van der Waals surface area contributed by atoms with Gasteiger partial charge >= 0.3 is 0 Å². The molecule has 3 heteroatoms. The number of fused-ring (bicyclic) bond motifs is 2. The molecule has 15 heavy (non-hydrogen) atoms. The second-order valence-electron chi connectivity index (χ2n) is 5.44. The van der Waals surface area contributed by atoms with Gasteiger partial charge in [-0.3, -0.25) is 0 Å². The van der Waals surface area contributed by atoms with Crippen LogP contribution in [0.4, 0.5) is 0 Å². The van der Waals surface area contributed by atoms with Gasteiger partial charge in [0.25, 0.3) is 0 Å². The maximum Gasteiger partial charge on any atom is 0.159 e. The van der Waals surface area contributed by atoms with Gasteiger partial charge < -0.3 is 14.2 Å². The Morgan fingerprint density at radius 3 is 2.27 bits per heavy atom. The lowest BCUT2D eigenvalue weighted by Crippen LogP contribution is -2.47. The minimum atomic E-state index is -0.0207. The van der Waals surface area contributed by atoms with Crippen LogP contribution in [-0.2, 0) is 14.2 Å². The van der Waals surface area contributed by atoms with Gasteiger partial charge in [0, 0.05) is 12.8 Å². The smallest absolute Gasteiger partial charge is 0.159 e. The Morgan fingerprint density at radius 2 is 1.73 bits per heavy atom. The highest BCUT2D eigenvalue weighted by Gasteiger charge is 2.36. The van der Waals surface area contributed by atoms with E-state index >= 15 is 0 Å². The average molecular weight is 214 g/mol. The molecular formula is C12H22O3. The molecule has 2 aliphatic rings. The average Bonchev–Trinajstić information content (AvgIpc) is 2.16. The van der Waals surface area contributed by atoms with Gasteiger partial charge in [-0.15, -0.1) is 0 Å². The molecule has 2 rings (SSSR count). The second kappa shape index (κ2) is 4.40. The molecule has 0 radical (unpaired) electrons. The third kappa shape index (κ3) is 2.92. The highest BCUT2D eigenvalue weighted by atomic mass is 16.7. The highest BCUT2D eigenvalue weighted by molar-refractivity contribution is 4.79. The van der Waals surface area contributed by atoms with Gasteiger partial charge in [-0.25, -0.2) is 0 Å². The van der Waals surface area contributed by atoms with E-state index in [1.54, 1.807) is 0 Å². The summed E-state index contributed by atoms with van der Waals surface area (Å²) >= 11 is 0. The maximum absolute atomic E-state index is 5.85. The molecule has 2 aliphatic heterocycles. The number of hydrogen-bond donors (Lipinski definition) is 0. The highest BCUT2D eigenvalue weighted by Crippen LogP contribution is 2.32. The summed E-state index contributed by atoms with van der Waals surface area (Å²) in [5, 5.41) is 0. The van der Waals surface area contributed by atoms with Crippen LogP contribution in [0.25, 0.3) is 0 Å². The molecule has 2 bridgehead atoms. The molecule has 88 valence electrons. The monoisotopic (exact) mass is 214 g/mol. The third-order valence-corrected chi connectivity index (χ3v) is 3.50. The summed E-state index contributed by atoms with van der Waals surface area (Å²) in [5.41, 5.74) is 0.303. The van der Waals surface area contributed by atoms with Crippen molar-refractivity contribution >= 4 is 0 Å². The first-order valence-corrected chi connectivity index (χ1v) is 5.98. The molecule has 3 nitrogen and oxygen atoms in total. The van der Waals surface area contributed by atoms with Crippen LogP contribution in [0.2, 0.25) is 0 Å². The topological polar surface area (TPSA) is 27.7 Å². The summed E-state index contributed by atoms with van der Waals surface area (Å²) in [6, 6.07) is 0. The van der Waals surface area contributed by atoms with Crippen molar-refractivity contribution in [3.05, 3.63) is 0 Å². The van der Waals surface area contributed by atoms with Gasteiger partial charge in [-0.2, -0.15) is 0 Å². The van der Waals surface area contributed by atoms with E-state index in [-0.39, 0.29) is 18.5 Å². The fourth-order valence-electron chi connectivity index (χ4n) is 2.10. The van der Waals surface area contributed by atoms with Crippen LogP contribution in [-0.4, -0.2) is 31.7 Å². The molecular weight excluding hydrogens is 192 g/mol. The van der Waals surface area contributed by atoms with Gasteiger partial charge in [-0.05, 0) is 5.41 Å². The summed E-state index contributed by atoms with van der Waals surface area (Å²) < 4.78 is 17.1.